The Kier molecular flexibility index (Phi) is 8.42. The van der Waals surface area contributed by atoms with Crippen LogP contribution < -0.4 is 16.0 Å². The van der Waals surface area contributed by atoms with Gasteiger partial charge in [-0.1, -0.05) is 36.4 Å². The molecule has 3 aromatic rings. The van der Waals surface area contributed by atoms with Gasteiger partial charge >= 0.3 is 0 Å². The molecule has 0 spiro atoms. The predicted octanol–water partition coefficient (Wildman–Crippen LogP) is 3.89. The Morgan fingerprint density at radius 1 is 1.10 bits per heavy atom. The number of carbonyl (C=O) groups is 2. The Labute approximate surface area is 233 Å². The van der Waals surface area contributed by atoms with Crippen LogP contribution in [0.5, 0.6) is 0 Å². The molecule has 40 heavy (non-hydrogen) atoms. The quantitative estimate of drug-likeness (QED) is 0.254. The van der Waals surface area contributed by atoms with Crippen LogP contribution in [0.15, 0.2) is 83.9 Å². The van der Waals surface area contributed by atoms with E-state index in [0.29, 0.717) is 41.3 Å². The van der Waals surface area contributed by atoms with Gasteiger partial charge in [0, 0.05) is 31.4 Å². The zero-order valence-electron chi connectivity index (χ0n) is 21.9. The van der Waals surface area contributed by atoms with Crippen molar-refractivity contribution in [1.29, 1.82) is 5.26 Å². The van der Waals surface area contributed by atoms with Crippen LogP contribution in [0.4, 0.5) is 17.1 Å². The third-order valence-electron chi connectivity index (χ3n) is 7.11. The molecule has 0 bridgehead atoms. The number of nitriles is 1. The van der Waals surface area contributed by atoms with E-state index in [-0.39, 0.29) is 11.8 Å². The van der Waals surface area contributed by atoms with E-state index in [1.165, 1.54) is 6.08 Å². The van der Waals surface area contributed by atoms with Gasteiger partial charge in [0.1, 0.15) is 6.04 Å². The molecule has 0 aliphatic carbocycles. The number of amides is 2. The Hall–Kier alpha value is -4.62. The van der Waals surface area contributed by atoms with Gasteiger partial charge in [-0.25, -0.2) is 0 Å². The van der Waals surface area contributed by atoms with Crippen molar-refractivity contribution in [3.63, 3.8) is 0 Å². The van der Waals surface area contributed by atoms with Crippen molar-refractivity contribution >= 4 is 41.7 Å². The fraction of sp³-hybridized carbons (Fsp3) is 0.226. The molecular weight excluding hydrogens is 504 g/mol. The summed E-state index contributed by atoms with van der Waals surface area (Å²) < 4.78 is 5.48. The second kappa shape index (κ2) is 12.5. The zero-order valence-corrected chi connectivity index (χ0v) is 21.9. The molecule has 2 unspecified atom stereocenters. The average molecular weight is 535 g/mol. The first kappa shape index (κ1) is 27.0. The van der Waals surface area contributed by atoms with E-state index in [9.17, 15) is 9.59 Å². The van der Waals surface area contributed by atoms with Crippen molar-refractivity contribution in [1.82, 2.24) is 10.2 Å². The van der Waals surface area contributed by atoms with Gasteiger partial charge in [0.25, 0.3) is 0 Å². The van der Waals surface area contributed by atoms with Gasteiger partial charge in [0.2, 0.25) is 11.8 Å². The van der Waals surface area contributed by atoms with Crippen molar-refractivity contribution < 1.29 is 14.3 Å². The Morgan fingerprint density at radius 3 is 2.52 bits per heavy atom. The van der Waals surface area contributed by atoms with Crippen LogP contribution in [-0.2, 0) is 14.3 Å². The highest BCUT2D eigenvalue weighted by Crippen LogP contribution is 2.29. The van der Waals surface area contributed by atoms with E-state index in [4.69, 9.17) is 10.00 Å². The topological polar surface area (TPSA) is 119 Å². The molecule has 2 aliphatic heterocycles. The van der Waals surface area contributed by atoms with Crippen molar-refractivity contribution in [3.8, 4) is 6.07 Å². The summed E-state index contributed by atoms with van der Waals surface area (Å²) in [6.45, 7) is 6.70. The molecule has 0 radical (unpaired) electrons. The first-order valence-corrected chi connectivity index (χ1v) is 13.1. The van der Waals surface area contributed by atoms with Crippen LogP contribution >= 0.6 is 0 Å². The third kappa shape index (κ3) is 6.33. The number of para-hydroxylation sites is 2. The molecule has 2 amide bonds. The Balaban J connectivity index is 1.24. The second-order valence-corrected chi connectivity index (χ2v) is 9.66. The third-order valence-corrected chi connectivity index (χ3v) is 7.11. The van der Waals surface area contributed by atoms with E-state index in [0.717, 1.165) is 30.8 Å². The molecule has 2 saturated heterocycles. The van der Waals surface area contributed by atoms with Gasteiger partial charge in [-0.2, -0.15) is 5.26 Å². The highest BCUT2D eigenvalue weighted by Gasteiger charge is 2.46. The minimum atomic E-state index is -0.588. The maximum Gasteiger partial charge on any atom is 0.248 e. The summed E-state index contributed by atoms with van der Waals surface area (Å²) in [5.41, 5.74) is 3.94. The van der Waals surface area contributed by atoms with Gasteiger partial charge < -0.3 is 20.7 Å². The number of fused-ring (bicyclic) bond motifs is 1. The van der Waals surface area contributed by atoms with Crippen molar-refractivity contribution in [2.45, 2.75) is 18.2 Å². The number of morpholine rings is 1. The minimum Gasteiger partial charge on any atom is -0.373 e. The summed E-state index contributed by atoms with van der Waals surface area (Å²) in [7, 11) is 0. The highest BCUT2D eigenvalue weighted by atomic mass is 16.5. The monoisotopic (exact) mass is 534 g/mol. The van der Waals surface area contributed by atoms with Crippen LogP contribution in [0, 0.1) is 11.3 Å². The standard InChI is InChI=1S/C31H30N6O3/c1-33-25-4-2-3-5-26(25)36-29(38)15-10-21-6-11-23(12-7-21)30(34-16-17-37-19-28-27(37)20-40-28)31(39)35-24-13-8-22(18-32)9-14-24/h2-15,27-28,30,34H,1,16-17,19-20H2,(H,35,39)(H,36,38)/b15-10+/t27?,28-,30?/m1/s1. The van der Waals surface area contributed by atoms with Crippen LogP contribution in [-0.4, -0.2) is 61.8 Å². The molecule has 2 fully saturated rings. The number of aliphatic imine (C=N–C) groups is 1. The van der Waals surface area contributed by atoms with E-state index in [1.807, 2.05) is 36.4 Å². The maximum atomic E-state index is 13.3. The Morgan fingerprint density at radius 2 is 1.88 bits per heavy atom. The molecule has 2 heterocycles. The van der Waals surface area contributed by atoms with E-state index in [1.54, 1.807) is 42.5 Å². The van der Waals surface area contributed by atoms with Crippen LogP contribution in [0.25, 0.3) is 6.08 Å². The summed E-state index contributed by atoms with van der Waals surface area (Å²) in [6.07, 6.45) is 3.53. The molecule has 2 aliphatic rings. The van der Waals surface area contributed by atoms with Gasteiger partial charge in [0.05, 0.1) is 41.8 Å². The Bertz CT molecular complexity index is 1450. The molecule has 3 N–H and O–H groups in total. The fourth-order valence-electron chi connectivity index (χ4n) is 4.74. The normalized spacial score (nSPS) is 18.5. The molecule has 3 aromatic carbocycles. The summed E-state index contributed by atoms with van der Waals surface area (Å²) in [5, 5.41) is 18.2. The largest absolute Gasteiger partial charge is 0.373 e. The molecule has 3 atom stereocenters. The van der Waals surface area contributed by atoms with Crippen LogP contribution in [0.1, 0.15) is 22.7 Å². The molecule has 5 rings (SSSR count). The molecule has 202 valence electrons. The van der Waals surface area contributed by atoms with Crippen molar-refractivity contribution in [2.75, 3.05) is 36.9 Å². The molecule has 9 nitrogen and oxygen atoms in total. The number of anilines is 2. The summed E-state index contributed by atoms with van der Waals surface area (Å²) in [6, 6.07) is 23.4. The summed E-state index contributed by atoms with van der Waals surface area (Å²) in [4.78, 5) is 32.0. The lowest BCUT2D eigenvalue weighted by Gasteiger charge is -2.55. The van der Waals surface area contributed by atoms with Crippen molar-refractivity contribution in [3.05, 3.63) is 95.6 Å². The lowest BCUT2D eigenvalue weighted by molar-refractivity contribution is -0.213. The first-order valence-electron chi connectivity index (χ1n) is 13.1. The zero-order chi connectivity index (χ0) is 27.9. The number of ether oxygens (including phenoxy) is 1. The first-order chi connectivity index (χ1) is 19.5. The number of benzene rings is 3. The lowest BCUT2D eigenvalue weighted by Crippen LogP contribution is -2.71. The summed E-state index contributed by atoms with van der Waals surface area (Å²) in [5.74, 6) is -0.484. The second-order valence-electron chi connectivity index (χ2n) is 9.66. The van der Waals surface area contributed by atoms with Crippen LogP contribution in [0.2, 0.25) is 0 Å². The predicted molar refractivity (Wildman–Crippen MR) is 155 cm³/mol. The minimum absolute atomic E-state index is 0.199. The van der Waals surface area contributed by atoms with Gasteiger partial charge in [-0.15, -0.1) is 0 Å². The molecule has 0 aromatic heterocycles. The smallest absolute Gasteiger partial charge is 0.248 e. The number of carbonyl (C=O) groups excluding carboxylic acids is 2. The molecule has 0 saturated carbocycles. The fourth-order valence-corrected chi connectivity index (χ4v) is 4.74. The van der Waals surface area contributed by atoms with Gasteiger partial charge in [-0.05, 0) is 60.3 Å². The number of hydrogen-bond donors (Lipinski definition) is 3. The number of rotatable bonds is 11. The number of likely N-dealkylation sites (tertiary alicyclic amines) is 1. The number of nitrogens with zero attached hydrogens (tertiary/aromatic N) is 3. The molecule has 9 heteroatoms. The van der Waals surface area contributed by atoms with Crippen molar-refractivity contribution in [2.24, 2.45) is 4.99 Å². The van der Waals surface area contributed by atoms with E-state index in [2.05, 4.69) is 38.6 Å². The van der Waals surface area contributed by atoms with Crippen LogP contribution in [0.3, 0.4) is 0 Å². The lowest BCUT2D eigenvalue weighted by atomic mass is 9.95. The number of nitrogens with one attached hydrogen (secondary N) is 3. The SMILES string of the molecule is C=Nc1ccccc1NC(=O)/C=C/c1ccc(C(NCCN2C[C@H]3OCC32)C(=O)Nc2ccc(C#N)cc2)cc1. The van der Waals surface area contributed by atoms with E-state index < -0.39 is 6.04 Å². The molecular formula is C31H30N6O3. The number of hydrogen-bond acceptors (Lipinski definition) is 7. The maximum absolute atomic E-state index is 13.3. The average Bonchev–Trinajstić information content (AvgIpc) is 2.97. The highest BCUT2D eigenvalue weighted by molar-refractivity contribution is 6.03. The van der Waals surface area contributed by atoms with Gasteiger partial charge in [0.15, 0.2) is 0 Å². The van der Waals surface area contributed by atoms with E-state index >= 15 is 0 Å². The van der Waals surface area contributed by atoms with Gasteiger partial charge in [-0.3, -0.25) is 19.5 Å². The summed E-state index contributed by atoms with van der Waals surface area (Å²) >= 11 is 0.